The second-order valence-corrected chi connectivity index (χ2v) is 10.6. The van der Waals surface area contributed by atoms with Crippen molar-refractivity contribution in [3.8, 4) is 0 Å². The first kappa shape index (κ1) is 20.7. The molecule has 6 nitrogen and oxygen atoms in total. The summed E-state index contributed by atoms with van der Waals surface area (Å²) in [7, 11) is 0. The summed E-state index contributed by atoms with van der Waals surface area (Å²) in [5, 5.41) is 8.97. The Morgan fingerprint density at radius 2 is 1.96 bits per heavy atom. The van der Waals surface area contributed by atoms with E-state index in [1.54, 1.807) is 11.8 Å². The smallest absolute Gasteiger partial charge is 0.247 e. The van der Waals surface area contributed by atoms with Gasteiger partial charge in [0.05, 0.1) is 11.5 Å². The van der Waals surface area contributed by atoms with Crippen molar-refractivity contribution in [2.45, 2.75) is 92.0 Å². The first-order valence-corrected chi connectivity index (χ1v) is 11.7. The molecule has 5 rings (SSSR count). The van der Waals surface area contributed by atoms with Crippen molar-refractivity contribution in [3.63, 3.8) is 0 Å². The Hall–Kier alpha value is -0.570. The zero-order chi connectivity index (χ0) is 19.9. The number of halogens is 2. The van der Waals surface area contributed by atoms with Crippen LogP contribution in [0.15, 0.2) is 0 Å². The monoisotopic (exact) mass is 433 g/mol. The highest BCUT2D eigenvalue weighted by Gasteiger charge is 2.69. The van der Waals surface area contributed by atoms with E-state index in [4.69, 9.17) is 16.3 Å². The van der Waals surface area contributed by atoms with Gasteiger partial charge in [-0.25, -0.2) is 4.39 Å². The molecule has 4 aliphatic carbocycles. The first-order valence-electron chi connectivity index (χ1n) is 10.2. The van der Waals surface area contributed by atoms with Gasteiger partial charge in [0.1, 0.15) is 18.2 Å². The van der Waals surface area contributed by atoms with Crippen LogP contribution in [0.5, 0.6) is 0 Å². The zero-order valence-corrected chi connectivity index (χ0v) is 17.7. The van der Waals surface area contributed by atoms with Crippen LogP contribution in [0, 0.1) is 0 Å². The fourth-order valence-electron chi connectivity index (χ4n) is 5.01. The average molecular weight is 434 g/mol. The molecule has 4 saturated carbocycles. The van der Waals surface area contributed by atoms with Crippen molar-refractivity contribution in [2.24, 2.45) is 0 Å². The first-order chi connectivity index (χ1) is 13.3. The molecule has 9 heteroatoms. The normalized spacial score (nSPS) is 44.3. The summed E-state index contributed by atoms with van der Waals surface area (Å²) in [6.07, 6.45) is 3.57. The van der Waals surface area contributed by atoms with Crippen molar-refractivity contribution in [1.29, 1.82) is 0 Å². The topological polar surface area (TPSA) is 79.5 Å². The number of hydrogen-bond donors (Lipinski definition) is 3. The fraction of sp³-hybridized carbons (Fsp3) is 0.895. The average Bonchev–Trinajstić information content (AvgIpc) is 3.09. The van der Waals surface area contributed by atoms with E-state index >= 15 is 0 Å². The molecular formula is C19H29ClFN3O3S. The largest absolute Gasteiger partial charge is 0.368 e. The molecule has 158 valence electrons. The van der Waals surface area contributed by atoms with E-state index in [0.29, 0.717) is 18.9 Å². The van der Waals surface area contributed by atoms with Crippen molar-refractivity contribution in [1.82, 2.24) is 16.0 Å². The molecule has 5 unspecified atom stereocenters. The van der Waals surface area contributed by atoms with Crippen LogP contribution < -0.4 is 16.0 Å². The van der Waals surface area contributed by atoms with Gasteiger partial charge in [0.2, 0.25) is 11.8 Å². The van der Waals surface area contributed by atoms with Crippen LogP contribution in [0.25, 0.3) is 0 Å². The van der Waals surface area contributed by atoms with Crippen LogP contribution in [-0.4, -0.2) is 64.3 Å². The molecule has 5 atom stereocenters. The molecule has 0 aromatic rings. The predicted molar refractivity (Wildman–Crippen MR) is 107 cm³/mol. The molecule has 0 radical (unpaired) electrons. The molecule has 1 heterocycles. The van der Waals surface area contributed by atoms with Gasteiger partial charge in [-0.15, -0.1) is 23.4 Å². The van der Waals surface area contributed by atoms with E-state index < -0.39 is 11.5 Å². The van der Waals surface area contributed by atoms with Gasteiger partial charge < -0.3 is 15.4 Å². The number of amides is 2. The van der Waals surface area contributed by atoms with Crippen molar-refractivity contribution >= 4 is 35.2 Å². The summed E-state index contributed by atoms with van der Waals surface area (Å²) in [4.78, 5) is 24.7. The third kappa shape index (κ3) is 4.16. The molecule has 2 bridgehead atoms. The second-order valence-electron chi connectivity index (χ2n) is 8.89. The van der Waals surface area contributed by atoms with E-state index in [1.165, 1.54) is 0 Å². The predicted octanol–water partition coefficient (Wildman–Crippen LogP) is 1.85. The van der Waals surface area contributed by atoms with E-state index in [1.807, 2.05) is 0 Å². The summed E-state index contributed by atoms with van der Waals surface area (Å²) in [6.45, 7) is 2.07. The quantitative estimate of drug-likeness (QED) is 0.534. The number of rotatable bonds is 7. The Morgan fingerprint density at radius 1 is 1.25 bits per heavy atom. The standard InChI is InChI=1S/C19H29ClFN3O3S/c1-2-11-7-28-17(22-11)16(26)24-19-8-18(9-19,10-19)23-15(25)6-27-12-3-4-13(20)14(21)5-12/h11-14,17,22H,2-10H2,1H3,(H,23,25)(H,24,26). The van der Waals surface area contributed by atoms with E-state index in [-0.39, 0.29) is 47.4 Å². The maximum Gasteiger partial charge on any atom is 0.247 e. The highest BCUT2D eigenvalue weighted by Crippen LogP contribution is 2.60. The molecule has 1 saturated heterocycles. The summed E-state index contributed by atoms with van der Waals surface area (Å²) >= 11 is 7.54. The number of hydrogen-bond acceptors (Lipinski definition) is 5. The van der Waals surface area contributed by atoms with Crippen molar-refractivity contribution in [2.75, 3.05) is 12.4 Å². The zero-order valence-electron chi connectivity index (χ0n) is 16.1. The Balaban J connectivity index is 1.15. The maximum absolute atomic E-state index is 13.6. The van der Waals surface area contributed by atoms with Crippen molar-refractivity contribution < 1.29 is 18.7 Å². The highest BCUT2D eigenvalue weighted by molar-refractivity contribution is 8.00. The van der Waals surface area contributed by atoms with Crippen molar-refractivity contribution in [3.05, 3.63) is 0 Å². The lowest BCUT2D eigenvalue weighted by Crippen LogP contribution is -2.84. The molecule has 28 heavy (non-hydrogen) atoms. The summed E-state index contributed by atoms with van der Waals surface area (Å²) < 4.78 is 19.2. The number of alkyl halides is 2. The Labute approximate surface area is 174 Å². The van der Waals surface area contributed by atoms with Crippen LogP contribution in [0.4, 0.5) is 4.39 Å². The lowest BCUT2D eigenvalue weighted by Gasteiger charge is -2.70. The number of nitrogens with one attached hydrogen (secondary N) is 3. The summed E-state index contributed by atoms with van der Waals surface area (Å²) in [6, 6.07) is 0.409. The fourth-order valence-corrected chi connectivity index (χ4v) is 6.49. The molecule has 5 fully saturated rings. The van der Waals surface area contributed by atoms with E-state index in [2.05, 4.69) is 22.9 Å². The van der Waals surface area contributed by atoms with Crippen LogP contribution in [0.2, 0.25) is 0 Å². The van der Waals surface area contributed by atoms with E-state index in [0.717, 1.165) is 31.4 Å². The van der Waals surface area contributed by atoms with Gasteiger partial charge in [0, 0.05) is 29.3 Å². The van der Waals surface area contributed by atoms with Crippen LogP contribution >= 0.6 is 23.4 Å². The second kappa shape index (κ2) is 7.93. The third-order valence-electron chi connectivity index (χ3n) is 6.50. The maximum atomic E-state index is 13.6. The van der Waals surface area contributed by atoms with Gasteiger partial charge in [-0.3, -0.25) is 14.9 Å². The Kier molecular flexibility index (Phi) is 5.86. The van der Waals surface area contributed by atoms with E-state index in [9.17, 15) is 14.0 Å². The molecule has 0 aromatic heterocycles. The minimum Gasteiger partial charge on any atom is -0.368 e. The van der Waals surface area contributed by atoms with Crippen LogP contribution in [-0.2, 0) is 14.3 Å². The molecule has 3 N–H and O–H groups in total. The van der Waals surface area contributed by atoms with Gasteiger partial charge in [-0.2, -0.15) is 0 Å². The molecule has 5 aliphatic rings. The molecule has 2 amide bonds. The van der Waals surface area contributed by atoms with Gasteiger partial charge >= 0.3 is 0 Å². The van der Waals surface area contributed by atoms with Crippen LogP contribution in [0.1, 0.15) is 51.9 Å². The highest BCUT2D eigenvalue weighted by atomic mass is 35.5. The number of thioether (sulfide) groups is 1. The molecule has 0 spiro atoms. The Morgan fingerprint density at radius 3 is 2.61 bits per heavy atom. The Bertz CT molecular complexity index is 620. The van der Waals surface area contributed by atoms with Gasteiger partial charge in [-0.05, 0) is 38.5 Å². The summed E-state index contributed by atoms with van der Waals surface area (Å²) in [5.41, 5.74) is -0.357. The minimum absolute atomic E-state index is 0.0491. The number of carbonyl (C=O) groups excluding carboxylic acids is 2. The third-order valence-corrected chi connectivity index (χ3v) is 8.27. The van der Waals surface area contributed by atoms with Gasteiger partial charge in [0.15, 0.2) is 0 Å². The number of carbonyl (C=O) groups is 2. The SMILES string of the molecule is CCC1CSC(C(=O)NC23CC(NC(=O)COC4CCC(Cl)C(F)C4)(C2)C3)N1. The molecule has 1 aliphatic heterocycles. The van der Waals surface area contributed by atoms with Crippen LogP contribution in [0.3, 0.4) is 0 Å². The molecule has 0 aromatic carbocycles. The van der Waals surface area contributed by atoms with Gasteiger partial charge in [0.25, 0.3) is 0 Å². The summed E-state index contributed by atoms with van der Waals surface area (Å²) in [5.74, 6) is 0.860. The minimum atomic E-state index is -1.07. The lowest BCUT2D eigenvalue weighted by atomic mass is 9.44. The number of ether oxygens (including phenoxy) is 1. The lowest BCUT2D eigenvalue weighted by molar-refractivity contribution is -0.153. The van der Waals surface area contributed by atoms with Gasteiger partial charge in [-0.1, -0.05) is 6.92 Å². The molecular weight excluding hydrogens is 405 g/mol.